The molecule has 1 saturated carbocycles. The summed E-state index contributed by atoms with van der Waals surface area (Å²) in [5, 5.41) is 11.9. The molecule has 0 spiro atoms. The average molecular weight is 225 g/mol. The molecule has 0 aromatic heterocycles. The molecule has 1 amide bonds. The molecular weight excluding hydrogens is 206 g/mol. The van der Waals surface area contributed by atoms with Crippen LogP contribution in [0.1, 0.15) is 38.5 Å². The molecule has 0 aromatic rings. The summed E-state index contributed by atoms with van der Waals surface area (Å²) in [7, 11) is 0. The van der Waals surface area contributed by atoms with Crippen LogP contribution in [-0.4, -0.2) is 23.5 Å². The summed E-state index contributed by atoms with van der Waals surface area (Å²) in [5.41, 5.74) is -0.769. The summed E-state index contributed by atoms with van der Waals surface area (Å²) >= 11 is 0. The predicted octanol–water partition coefficient (Wildman–Crippen LogP) is 1.71. The maximum absolute atomic E-state index is 11.4. The zero-order valence-electron chi connectivity index (χ0n) is 9.50. The molecule has 4 heteroatoms. The van der Waals surface area contributed by atoms with Gasteiger partial charge in [-0.1, -0.05) is 32.3 Å². The van der Waals surface area contributed by atoms with Crippen molar-refractivity contribution in [1.29, 1.82) is 0 Å². The number of rotatable bonds is 4. The third-order valence-electron chi connectivity index (χ3n) is 3.30. The molecule has 1 aliphatic rings. The van der Waals surface area contributed by atoms with Gasteiger partial charge in [0.2, 0.25) is 5.91 Å². The molecule has 0 saturated heterocycles. The summed E-state index contributed by atoms with van der Waals surface area (Å²) in [4.78, 5) is 22.4. The minimum atomic E-state index is -0.793. The van der Waals surface area contributed by atoms with Crippen LogP contribution in [0.3, 0.4) is 0 Å². The Balaban J connectivity index is 2.66. The van der Waals surface area contributed by atoms with Gasteiger partial charge in [-0.25, -0.2) is 0 Å². The van der Waals surface area contributed by atoms with Crippen molar-refractivity contribution in [2.75, 3.05) is 6.54 Å². The topological polar surface area (TPSA) is 66.4 Å². The number of hydrogen-bond acceptors (Lipinski definition) is 2. The maximum Gasteiger partial charge on any atom is 0.311 e. The highest BCUT2D eigenvalue weighted by Gasteiger charge is 2.38. The van der Waals surface area contributed by atoms with Crippen molar-refractivity contribution >= 4 is 11.9 Å². The van der Waals surface area contributed by atoms with E-state index >= 15 is 0 Å². The molecule has 0 aliphatic heterocycles. The van der Waals surface area contributed by atoms with E-state index in [1.54, 1.807) is 0 Å². The standard InChI is InChI=1S/C12H19NO3/c1-2-10(14)13-9-12(11(15)16)7-5-3-4-6-8-12/h2H,1,3-9H2,(H,13,14)(H,15,16). The number of carbonyl (C=O) groups is 2. The molecule has 0 radical (unpaired) electrons. The molecule has 0 bridgehead atoms. The Morgan fingerprint density at radius 1 is 1.25 bits per heavy atom. The highest BCUT2D eigenvalue weighted by Crippen LogP contribution is 2.34. The van der Waals surface area contributed by atoms with Crippen molar-refractivity contribution in [1.82, 2.24) is 5.32 Å². The smallest absolute Gasteiger partial charge is 0.311 e. The quantitative estimate of drug-likeness (QED) is 0.565. The minimum Gasteiger partial charge on any atom is -0.481 e. The molecule has 0 unspecified atom stereocenters. The van der Waals surface area contributed by atoms with Crippen molar-refractivity contribution in [2.24, 2.45) is 5.41 Å². The number of carboxylic acid groups (broad SMARTS) is 1. The first kappa shape index (κ1) is 12.7. The molecule has 1 aliphatic carbocycles. The van der Waals surface area contributed by atoms with Crippen LogP contribution in [0, 0.1) is 5.41 Å². The third kappa shape index (κ3) is 3.08. The Kier molecular flexibility index (Phi) is 4.52. The molecular formula is C12H19NO3. The van der Waals surface area contributed by atoms with Gasteiger partial charge in [-0.2, -0.15) is 0 Å². The van der Waals surface area contributed by atoms with E-state index in [1.807, 2.05) is 0 Å². The summed E-state index contributed by atoms with van der Waals surface area (Å²) in [6.45, 7) is 3.57. The van der Waals surface area contributed by atoms with Gasteiger partial charge in [-0.3, -0.25) is 9.59 Å². The van der Waals surface area contributed by atoms with E-state index < -0.39 is 11.4 Å². The van der Waals surface area contributed by atoms with Crippen LogP contribution in [0.2, 0.25) is 0 Å². The van der Waals surface area contributed by atoms with Crippen LogP contribution in [-0.2, 0) is 9.59 Å². The van der Waals surface area contributed by atoms with Crippen LogP contribution in [0.15, 0.2) is 12.7 Å². The Hall–Kier alpha value is -1.32. The molecule has 1 fully saturated rings. The van der Waals surface area contributed by atoms with Crippen molar-refractivity contribution < 1.29 is 14.7 Å². The number of nitrogens with one attached hydrogen (secondary N) is 1. The Bertz CT molecular complexity index is 278. The third-order valence-corrected chi connectivity index (χ3v) is 3.30. The number of aliphatic carboxylic acids is 1. The first-order valence-electron chi connectivity index (χ1n) is 5.74. The Labute approximate surface area is 95.7 Å². The average Bonchev–Trinajstić information content (AvgIpc) is 2.52. The fourth-order valence-corrected chi connectivity index (χ4v) is 2.20. The minimum absolute atomic E-state index is 0.215. The van der Waals surface area contributed by atoms with Crippen molar-refractivity contribution in [3.63, 3.8) is 0 Å². The second-order valence-corrected chi connectivity index (χ2v) is 4.42. The largest absolute Gasteiger partial charge is 0.481 e. The van der Waals surface area contributed by atoms with Crippen molar-refractivity contribution in [3.8, 4) is 0 Å². The lowest BCUT2D eigenvalue weighted by molar-refractivity contribution is -0.149. The maximum atomic E-state index is 11.4. The van der Waals surface area contributed by atoms with Gasteiger partial charge in [0, 0.05) is 6.54 Å². The Morgan fingerprint density at radius 2 is 1.81 bits per heavy atom. The van der Waals surface area contributed by atoms with Gasteiger partial charge in [-0.15, -0.1) is 0 Å². The van der Waals surface area contributed by atoms with Gasteiger partial charge in [0.05, 0.1) is 5.41 Å². The fourth-order valence-electron chi connectivity index (χ4n) is 2.20. The molecule has 2 N–H and O–H groups in total. The molecule has 1 rings (SSSR count). The van der Waals surface area contributed by atoms with Gasteiger partial charge in [-0.05, 0) is 18.9 Å². The van der Waals surface area contributed by atoms with Gasteiger partial charge in [0.1, 0.15) is 0 Å². The summed E-state index contributed by atoms with van der Waals surface area (Å²) < 4.78 is 0. The van der Waals surface area contributed by atoms with Gasteiger partial charge in [0.25, 0.3) is 0 Å². The first-order valence-corrected chi connectivity index (χ1v) is 5.74. The lowest BCUT2D eigenvalue weighted by Crippen LogP contribution is -2.42. The van der Waals surface area contributed by atoms with Gasteiger partial charge >= 0.3 is 5.97 Å². The molecule has 0 aromatic carbocycles. The molecule has 4 nitrogen and oxygen atoms in total. The lowest BCUT2D eigenvalue weighted by atomic mass is 9.80. The molecule has 16 heavy (non-hydrogen) atoms. The summed E-state index contributed by atoms with van der Waals surface area (Å²) in [6.07, 6.45) is 6.51. The highest BCUT2D eigenvalue weighted by molar-refractivity contribution is 5.87. The van der Waals surface area contributed by atoms with Crippen molar-refractivity contribution in [2.45, 2.75) is 38.5 Å². The van der Waals surface area contributed by atoms with Crippen LogP contribution < -0.4 is 5.32 Å². The fraction of sp³-hybridized carbons (Fsp3) is 0.667. The van der Waals surface area contributed by atoms with E-state index in [4.69, 9.17) is 0 Å². The number of carbonyl (C=O) groups excluding carboxylic acids is 1. The van der Waals surface area contributed by atoms with E-state index in [9.17, 15) is 14.7 Å². The first-order chi connectivity index (χ1) is 7.60. The van der Waals surface area contributed by atoms with Gasteiger partial charge < -0.3 is 10.4 Å². The SMILES string of the molecule is C=CC(=O)NCC1(C(=O)O)CCCCCC1. The zero-order valence-corrected chi connectivity index (χ0v) is 9.50. The van der Waals surface area contributed by atoms with E-state index in [2.05, 4.69) is 11.9 Å². The van der Waals surface area contributed by atoms with Crippen molar-refractivity contribution in [3.05, 3.63) is 12.7 Å². The highest BCUT2D eigenvalue weighted by atomic mass is 16.4. The molecule has 90 valence electrons. The molecule has 0 atom stereocenters. The van der Waals surface area contributed by atoms with Crippen LogP contribution >= 0.6 is 0 Å². The Morgan fingerprint density at radius 3 is 2.25 bits per heavy atom. The second kappa shape index (κ2) is 5.68. The number of hydrogen-bond donors (Lipinski definition) is 2. The number of amides is 1. The summed E-state index contributed by atoms with van der Waals surface area (Å²) in [6, 6.07) is 0. The van der Waals surface area contributed by atoms with Crippen LogP contribution in [0.4, 0.5) is 0 Å². The van der Waals surface area contributed by atoms with Crippen LogP contribution in [0.5, 0.6) is 0 Å². The lowest BCUT2D eigenvalue weighted by Gasteiger charge is -2.27. The van der Waals surface area contributed by atoms with E-state index in [0.717, 1.165) is 25.7 Å². The summed E-state index contributed by atoms with van der Waals surface area (Å²) in [5.74, 6) is -1.09. The van der Waals surface area contributed by atoms with Gasteiger partial charge in [0.15, 0.2) is 0 Å². The molecule has 0 heterocycles. The number of carboxylic acids is 1. The van der Waals surface area contributed by atoms with E-state index in [0.29, 0.717) is 12.8 Å². The second-order valence-electron chi connectivity index (χ2n) is 4.42. The van der Waals surface area contributed by atoms with E-state index in [-0.39, 0.29) is 12.5 Å². The normalized spacial score (nSPS) is 19.5. The zero-order chi connectivity index (χ0) is 12.0. The monoisotopic (exact) mass is 225 g/mol. The van der Waals surface area contributed by atoms with E-state index in [1.165, 1.54) is 6.08 Å². The predicted molar refractivity (Wildman–Crippen MR) is 61.0 cm³/mol. The van der Waals surface area contributed by atoms with Crippen LogP contribution in [0.25, 0.3) is 0 Å².